The van der Waals surface area contributed by atoms with Crippen LogP contribution in [0.4, 0.5) is 13.6 Å². The van der Waals surface area contributed by atoms with E-state index in [1.165, 1.54) is 0 Å². The maximum atomic E-state index is 12.8. The fourth-order valence-corrected chi connectivity index (χ4v) is 1.70. The van der Waals surface area contributed by atoms with Crippen molar-refractivity contribution >= 4 is 16.1 Å². The van der Waals surface area contributed by atoms with Crippen molar-refractivity contribution in [3.05, 3.63) is 29.8 Å². The minimum absolute atomic E-state index is 0.483. The zero-order valence-electron chi connectivity index (χ0n) is 8.53. The van der Waals surface area contributed by atoms with Gasteiger partial charge in [0.2, 0.25) is 0 Å². The second-order valence-corrected chi connectivity index (χ2v) is 4.48. The highest BCUT2D eigenvalue weighted by atomic mass is 32.2. The molecular formula is C8H8F2N2O4S. The molecule has 9 heteroatoms. The molecule has 2 N–H and O–H groups in total. The van der Waals surface area contributed by atoms with Crippen LogP contribution in [-0.2, 0) is 14.8 Å². The molecule has 1 aromatic rings. The van der Waals surface area contributed by atoms with Crippen molar-refractivity contribution in [3.63, 3.8) is 0 Å². The van der Waals surface area contributed by atoms with Crippen molar-refractivity contribution < 1.29 is 26.7 Å². The topological polar surface area (TPSA) is 84.5 Å². The quantitative estimate of drug-likeness (QED) is 0.781. The third-order valence-electron chi connectivity index (χ3n) is 1.67. The van der Waals surface area contributed by atoms with Gasteiger partial charge < -0.3 is 4.74 Å². The smallest absolute Gasteiger partial charge is 0.422 e. The number of nitrogens with one attached hydrogen (secondary N) is 2. The van der Waals surface area contributed by atoms with E-state index in [9.17, 15) is 22.0 Å². The van der Waals surface area contributed by atoms with Crippen molar-refractivity contribution in [3.8, 4) is 0 Å². The van der Waals surface area contributed by atoms with Crippen molar-refractivity contribution in [2.45, 2.75) is 4.90 Å². The van der Waals surface area contributed by atoms with Crippen LogP contribution in [0.3, 0.4) is 0 Å². The molecule has 0 bridgehead atoms. The number of ether oxygens (including phenoxy) is 1. The molecule has 0 heterocycles. The van der Waals surface area contributed by atoms with Gasteiger partial charge in [0.05, 0.1) is 12.0 Å². The van der Waals surface area contributed by atoms with Crippen LogP contribution in [0.25, 0.3) is 0 Å². The number of halogens is 2. The van der Waals surface area contributed by atoms with E-state index in [0.717, 1.165) is 13.2 Å². The van der Waals surface area contributed by atoms with Crippen LogP contribution in [0.5, 0.6) is 0 Å². The minimum Gasteiger partial charge on any atom is -0.452 e. The summed E-state index contributed by atoms with van der Waals surface area (Å²) in [5.41, 5.74) is 1.69. The highest BCUT2D eigenvalue weighted by molar-refractivity contribution is 7.89. The molecule has 0 unspecified atom stereocenters. The molecule has 94 valence electrons. The molecule has 17 heavy (non-hydrogen) atoms. The van der Waals surface area contributed by atoms with E-state index >= 15 is 0 Å². The summed E-state index contributed by atoms with van der Waals surface area (Å²) in [6.45, 7) is 0. The number of hydrazine groups is 1. The fourth-order valence-electron chi connectivity index (χ4n) is 0.863. The second kappa shape index (κ2) is 5.06. The number of sulfonamides is 1. The molecule has 1 amide bonds. The number of benzene rings is 1. The molecule has 0 saturated heterocycles. The summed E-state index contributed by atoms with van der Waals surface area (Å²) in [6.07, 6.45) is -1.05. The van der Waals surface area contributed by atoms with Gasteiger partial charge >= 0.3 is 6.09 Å². The van der Waals surface area contributed by atoms with E-state index in [2.05, 4.69) is 4.74 Å². The summed E-state index contributed by atoms with van der Waals surface area (Å²) < 4.78 is 52.4. The normalized spacial score (nSPS) is 11.0. The zero-order valence-corrected chi connectivity index (χ0v) is 9.35. The summed E-state index contributed by atoms with van der Waals surface area (Å²) in [7, 11) is -3.14. The highest BCUT2D eigenvalue weighted by Crippen LogP contribution is 2.12. The Morgan fingerprint density at radius 1 is 1.29 bits per heavy atom. The maximum absolute atomic E-state index is 12.8. The molecular weight excluding hydrogens is 258 g/mol. The monoisotopic (exact) mass is 266 g/mol. The molecule has 1 rings (SSSR count). The predicted octanol–water partition coefficient (Wildman–Crippen LogP) is 0.514. The SMILES string of the molecule is COC(=O)NNS(=O)(=O)c1ccc(F)c(F)c1. The van der Waals surface area contributed by atoms with Gasteiger partial charge in [-0.25, -0.2) is 27.4 Å². The third-order valence-corrected chi connectivity index (χ3v) is 2.92. The summed E-state index contributed by atoms with van der Waals surface area (Å²) in [5, 5.41) is 0. The Morgan fingerprint density at radius 2 is 1.94 bits per heavy atom. The summed E-state index contributed by atoms with van der Waals surface area (Å²) in [6, 6.07) is 1.98. The Kier molecular flexibility index (Phi) is 3.97. The zero-order chi connectivity index (χ0) is 13.1. The lowest BCUT2D eigenvalue weighted by Crippen LogP contribution is -2.41. The van der Waals surface area contributed by atoms with Crippen LogP contribution in [0.2, 0.25) is 0 Å². The van der Waals surface area contributed by atoms with Gasteiger partial charge in [-0.3, -0.25) is 0 Å². The number of hydrogen-bond acceptors (Lipinski definition) is 4. The molecule has 0 atom stereocenters. The Balaban J connectivity index is 2.90. The van der Waals surface area contributed by atoms with Gasteiger partial charge in [-0.05, 0) is 18.2 Å². The second-order valence-electron chi connectivity index (χ2n) is 2.80. The average molecular weight is 266 g/mol. The van der Waals surface area contributed by atoms with Crippen molar-refractivity contribution in [1.82, 2.24) is 10.3 Å². The van der Waals surface area contributed by atoms with Crippen molar-refractivity contribution in [1.29, 1.82) is 0 Å². The lowest BCUT2D eigenvalue weighted by molar-refractivity contribution is 0.169. The van der Waals surface area contributed by atoms with E-state index in [-0.39, 0.29) is 0 Å². The number of carbonyl (C=O) groups excluding carboxylic acids is 1. The summed E-state index contributed by atoms with van der Waals surface area (Å²) >= 11 is 0. The number of carbonyl (C=O) groups is 1. The Bertz CT molecular complexity index is 532. The summed E-state index contributed by atoms with van der Waals surface area (Å²) in [5.74, 6) is -2.49. The van der Waals surface area contributed by atoms with E-state index in [4.69, 9.17) is 0 Å². The predicted molar refractivity (Wildman–Crippen MR) is 52.2 cm³/mol. The van der Waals surface area contributed by atoms with Gasteiger partial charge in [-0.15, -0.1) is 4.83 Å². The maximum Gasteiger partial charge on any atom is 0.422 e. The molecule has 1 aromatic carbocycles. The van der Waals surface area contributed by atoms with Crippen LogP contribution in [0.1, 0.15) is 0 Å². The molecule has 0 aliphatic carbocycles. The van der Waals surface area contributed by atoms with Gasteiger partial charge in [0, 0.05) is 0 Å². The molecule has 0 spiro atoms. The molecule has 6 nitrogen and oxygen atoms in total. The molecule has 0 saturated carbocycles. The molecule has 0 aromatic heterocycles. The van der Waals surface area contributed by atoms with Gasteiger partial charge in [0.15, 0.2) is 11.6 Å². The van der Waals surface area contributed by atoms with Crippen LogP contribution in [-0.4, -0.2) is 21.6 Å². The fraction of sp³-hybridized carbons (Fsp3) is 0.125. The van der Waals surface area contributed by atoms with Crippen LogP contribution in [0.15, 0.2) is 23.1 Å². The number of hydrogen-bond donors (Lipinski definition) is 2. The van der Waals surface area contributed by atoms with Gasteiger partial charge in [-0.1, -0.05) is 0 Å². The summed E-state index contributed by atoms with van der Waals surface area (Å²) in [4.78, 5) is 11.7. The molecule has 0 fully saturated rings. The van der Waals surface area contributed by atoms with Crippen molar-refractivity contribution in [2.24, 2.45) is 0 Å². The van der Waals surface area contributed by atoms with E-state index in [1.54, 1.807) is 10.3 Å². The highest BCUT2D eigenvalue weighted by Gasteiger charge is 2.17. The molecule has 0 aliphatic heterocycles. The van der Waals surface area contributed by atoms with E-state index < -0.39 is 32.6 Å². The molecule has 0 aliphatic rings. The first-order valence-corrected chi connectivity index (χ1v) is 5.66. The first-order chi connectivity index (χ1) is 7.86. The van der Waals surface area contributed by atoms with Gasteiger partial charge in [0.1, 0.15) is 0 Å². The Labute approximate surface area is 95.6 Å². The lowest BCUT2D eigenvalue weighted by Gasteiger charge is -2.07. The largest absolute Gasteiger partial charge is 0.452 e. The van der Waals surface area contributed by atoms with Crippen LogP contribution >= 0.6 is 0 Å². The number of rotatable bonds is 3. The van der Waals surface area contributed by atoms with Gasteiger partial charge in [0.25, 0.3) is 10.0 Å². The van der Waals surface area contributed by atoms with Crippen LogP contribution in [0, 0.1) is 11.6 Å². The number of amides is 1. The average Bonchev–Trinajstić information content (AvgIpc) is 2.29. The number of methoxy groups -OCH3 is 1. The van der Waals surface area contributed by atoms with E-state index in [0.29, 0.717) is 12.1 Å². The molecule has 0 radical (unpaired) electrons. The van der Waals surface area contributed by atoms with Gasteiger partial charge in [-0.2, -0.15) is 0 Å². The van der Waals surface area contributed by atoms with Crippen molar-refractivity contribution in [2.75, 3.05) is 7.11 Å². The standard InChI is InChI=1S/C8H8F2N2O4S/c1-16-8(13)11-12-17(14,15)5-2-3-6(9)7(10)4-5/h2-4,12H,1H3,(H,11,13). The Morgan fingerprint density at radius 3 is 2.47 bits per heavy atom. The third kappa shape index (κ3) is 3.36. The van der Waals surface area contributed by atoms with Crippen LogP contribution < -0.4 is 10.3 Å². The first-order valence-electron chi connectivity index (χ1n) is 4.17. The first kappa shape index (κ1) is 13.3. The minimum atomic E-state index is -4.17. The Hall–Kier alpha value is -1.74. The van der Waals surface area contributed by atoms with E-state index in [1.807, 2.05) is 0 Å². The lowest BCUT2D eigenvalue weighted by atomic mass is 10.3.